The molecule has 3 aromatic carbocycles. The van der Waals surface area contributed by atoms with Gasteiger partial charge in [0, 0.05) is 15.7 Å². The van der Waals surface area contributed by atoms with Crippen molar-refractivity contribution in [2.24, 2.45) is 0 Å². The van der Waals surface area contributed by atoms with Crippen molar-refractivity contribution >= 4 is 38.6 Å². The molecule has 4 rings (SSSR count). The molecular weight excluding hydrogens is 428 g/mol. The highest BCUT2D eigenvalue weighted by atomic mass is 79.9. The molecule has 0 saturated heterocycles. The number of aryl methyl sites for hydroxylation is 1. The Morgan fingerprint density at radius 2 is 1.79 bits per heavy atom. The molecule has 29 heavy (non-hydrogen) atoms. The van der Waals surface area contributed by atoms with Crippen LogP contribution in [0, 0.1) is 0 Å². The fourth-order valence-corrected chi connectivity index (χ4v) is 3.52. The summed E-state index contributed by atoms with van der Waals surface area (Å²) in [7, 11) is 0. The number of nitrogens with one attached hydrogen (secondary N) is 1. The highest BCUT2D eigenvalue weighted by Crippen LogP contribution is 2.19. The number of nitrogens with zero attached hydrogens (tertiary/aromatic N) is 3. The van der Waals surface area contributed by atoms with Gasteiger partial charge in [-0.15, -0.1) is 10.2 Å². The second-order valence-electron chi connectivity index (χ2n) is 6.93. The molecule has 0 fully saturated rings. The van der Waals surface area contributed by atoms with Gasteiger partial charge >= 0.3 is 0 Å². The Balaban J connectivity index is 1.54. The van der Waals surface area contributed by atoms with Crippen LogP contribution in [0.1, 0.15) is 35.7 Å². The number of halogens is 1. The van der Waals surface area contributed by atoms with Crippen LogP contribution in [-0.4, -0.2) is 20.9 Å². The van der Waals surface area contributed by atoms with Gasteiger partial charge in [-0.05, 0) is 66.9 Å². The summed E-state index contributed by atoms with van der Waals surface area (Å²) in [6.07, 6.45) is 3.47. The first-order valence-electron chi connectivity index (χ1n) is 9.66. The minimum absolute atomic E-state index is 0.166. The summed E-state index contributed by atoms with van der Waals surface area (Å²) < 4.78 is 0.865. The van der Waals surface area contributed by atoms with Crippen LogP contribution in [0.4, 0.5) is 5.69 Å². The maximum absolute atomic E-state index is 12.5. The van der Waals surface area contributed by atoms with Gasteiger partial charge in [0.05, 0.1) is 5.69 Å². The largest absolute Gasteiger partial charge is 0.322 e. The summed E-state index contributed by atoms with van der Waals surface area (Å²) in [6, 6.07) is 21.2. The predicted octanol–water partition coefficient (Wildman–Crippen LogP) is 5.78. The quantitative estimate of drug-likeness (QED) is 0.406. The lowest BCUT2D eigenvalue weighted by molar-refractivity contribution is 0.102. The summed E-state index contributed by atoms with van der Waals surface area (Å²) in [5.74, 6) is -0.166. The van der Waals surface area contributed by atoms with Gasteiger partial charge in [0.15, 0.2) is 0 Å². The number of benzene rings is 3. The van der Waals surface area contributed by atoms with Crippen LogP contribution in [0.15, 0.2) is 71.2 Å². The maximum atomic E-state index is 12.5. The number of rotatable bonds is 6. The Bertz CT molecular complexity index is 1150. The number of hydrogen-bond donors (Lipinski definition) is 1. The van der Waals surface area contributed by atoms with Crippen molar-refractivity contribution in [3.63, 3.8) is 0 Å². The third-order valence-electron chi connectivity index (χ3n) is 4.71. The molecule has 0 saturated carbocycles. The van der Waals surface area contributed by atoms with Crippen molar-refractivity contribution < 1.29 is 4.79 Å². The van der Waals surface area contributed by atoms with Crippen molar-refractivity contribution in [2.75, 3.05) is 5.32 Å². The SMILES string of the molecule is CCCCc1ccc(-n2nc3ccc(NC(=O)c4cccc(Br)c4)cc3n2)cc1. The second-order valence-corrected chi connectivity index (χ2v) is 7.84. The zero-order valence-electron chi connectivity index (χ0n) is 16.1. The number of carbonyl (C=O) groups is 1. The van der Waals surface area contributed by atoms with Gasteiger partial charge in [0.1, 0.15) is 11.0 Å². The van der Waals surface area contributed by atoms with E-state index in [1.165, 1.54) is 18.4 Å². The van der Waals surface area contributed by atoms with E-state index in [1.807, 2.05) is 42.5 Å². The lowest BCUT2D eigenvalue weighted by Crippen LogP contribution is -2.11. The molecule has 146 valence electrons. The second kappa shape index (κ2) is 8.57. The molecule has 0 aliphatic rings. The number of fused-ring (bicyclic) bond motifs is 1. The van der Waals surface area contributed by atoms with Crippen LogP contribution < -0.4 is 5.32 Å². The van der Waals surface area contributed by atoms with E-state index in [1.54, 1.807) is 16.9 Å². The first kappa shape index (κ1) is 19.3. The minimum atomic E-state index is -0.166. The Labute approximate surface area is 177 Å². The average molecular weight is 449 g/mol. The van der Waals surface area contributed by atoms with Crippen LogP contribution in [0.2, 0.25) is 0 Å². The Morgan fingerprint density at radius 1 is 1.00 bits per heavy atom. The van der Waals surface area contributed by atoms with E-state index in [9.17, 15) is 4.79 Å². The summed E-state index contributed by atoms with van der Waals surface area (Å²) in [4.78, 5) is 14.1. The van der Waals surface area contributed by atoms with Crippen molar-refractivity contribution in [3.8, 4) is 5.69 Å². The van der Waals surface area contributed by atoms with Gasteiger partial charge in [-0.25, -0.2) is 0 Å². The summed E-state index contributed by atoms with van der Waals surface area (Å²) in [5.41, 5.74) is 5.02. The van der Waals surface area contributed by atoms with Crippen molar-refractivity contribution in [1.29, 1.82) is 0 Å². The van der Waals surface area contributed by atoms with Crippen molar-refractivity contribution in [2.45, 2.75) is 26.2 Å². The highest BCUT2D eigenvalue weighted by Gasteiger charge is 2.09. The molecule has 4 aromatic rings. The third kappa shape index (κ3) is 4.54. The number of anilines is 1. The molecule has 0 atom stereocenters. The van der Waals surface area contributed by atoms with E-state index in [0.29, 0.717) is 11.3 Å². The van der Waals surface area contributed by atoms with Gasteiger partial charge in [-0.2, -0.15) is 4.80 Å². The molecule has 6 heteroatoms. The molecule has 0 bridgehead atoms. The van der Waals surface area contributed by atoms with Crippen LogP contribution in [-0.2, 0) is 6.42 Å². The molecule has 0 unspecified atom stereocenters. The molecule has 1 N–H and O–H groups in total. The number of amides is 1. The van der Waals surface area contributed by atoms with Crippen LogP contribution in [0.25, 0.3) is 16.7 Å². The van der Waals surface area contributed by atoms with Crippen LogP contribution in [0.5, 0.6) is 0 Å². The first-order valence-corrected chi connectivity index (χ1v) is 10.4. The van der Waals surface area contributed by atoms with Gasteiger partial charge in [0.2, 0.25) is 0 Å². The smallest absolute Gasteiger partial charge is 0.255 e. The Morgan fingerprint density at radius 3 is 2.55 bits per heavy atom. The van der Waals surface area contributed by atoms with Gasteiger partial charge in [-0.3, -0.25) is 4.79 Å². The van der Waals surface area contributed by atoms with Crippen LogP contribution >= 0.6 is 15.9 Å². The minimum Gasteiger partial charge on any atom is -0.322 e. The zero-order valence-corrected chi connectivity index (χ0v) is 17.7. The maximum Gasteiger partial charge on any atom is 0.255 e. The number of hydrogen-bond acceptors (Lipinski definition) is 3. The van der Waals surface area contributed by atoms with Crippen molar-refractivity contribution in [3.05, 3.63) is 82.3 Å². The van der Waals surface area contributed by atoms with Gasteiger partial charge in [-0.1, -0.05) is 47.5 Å². The molecule has 0 spiro atoms. The van der Waals surface area contributed by atoms with Gasteiger partial charge in [0.25, 0.3) is 5.91 Å². The fourth-order valence-electron chi connectivity index (χ4n) is 3.12. The molecular formula is C23H21BrN4O. The number of carbonyl (C=O) groups excluding carboxylic acids is 1. The van der Waals surface area contributed by atoms with E-state index in [-0.39, 0.29) is 5.91 Å². The Kier molecular flexibility index (Phi) is 5.71. The lowest BCUT2D eigenvalue weighted by Gasteiger charge is -2.05. The molecule has 1 aromatic heterocycles. The summed E-state index contributed by atoms with van der Waals surface area (Å²) in [6.45, 7) is 2.20. The molecule has 0 aliphatic carbocycles. The zero-order chi connectivity index (χ0) is 20.2. The van der Waals surface area contributed by atoms with E-state index in [2.05, 4.69) is 50.5 Å². The third-order valence-corrected chi connectivity index (χ3v) is 5.20. The van der Waals surface area contributed by atoms with E-state index < -0.39 is 0 Å². The van der Waals surface area contributed by atoms with Gasteiger partial charge < -0.3 is 5.32 Å². The Hall–Kier alpha value is -2.99. The van der Waals surface area contributed by atoms with Crippen molar-refractivity contribution in [1.82, 2.24) is 15.0 Å². The summed E-state index contributed by atoms with van der Waals surface area (Å²) >= 11 is 3.39. The van der Waals surface area contributed by atoms with E-state index in [0.717, 1.165) is 27.6 Å². The highest BCUT2D eigenvalue weighted by molar-refractivity contribution is 9.10. The van der Waals surface area contributed by atoms with Crippen LogP contribution in [0.3, 0.4) is 0 Å². The standard InChI is InChI=1S/C23H21BrN4O/c1-2-3-5-16-8-11-20(12-9-16)28-26-21-13-10-19(15-22(21)27-28)25-23(29)17-6-4-7-18(24)14-17/h4,6-15H,2-3,5H2,1H3,(H,25,29). The predicted molar refractivity (Wildman–Crippen MR) is 120 cm³/mol. The monoisotopic (exact) mass is 448 g/mol. The van der Waals surface area contributed by atoms with E-state index in [4.69, 9.17) is 0 Å². The molecule has 1 amide bonds. The molecule has 0 radical (unpaired) electrons. The number of unbranched alkanes of at least 4 members (excludes halogenated alkanes) is 1. The normalized spacial score (nSPS) is 11.0. The van der Waals surface area contributed by atoms with E-state index >= 15 is 0 Å². The summed E-state index contributed by atoms with van der Waals surface area (Å²) in [5, 5.41) is 12.0. The molecule has 0 aliphatic heterocycles. The average Bonchev–Trinajstić information content (AvgIpc) is 3.16. The number of aromatic nitrogens is 3. The topological polar surface area (TPSA) is 59.8 Å². The molecule has 1 heterocycles. The lowest BCUT2D eigenvalue weighted by atomic mass is 10.1. The first-order chi connectivity index (χ1) is 14.1. The molecule has 5 nitrogen and oxygen atoms in total. The fraction of sp³-hybridized carbons (Fsp3) is 0.174.